The van der Waals surface area contributed by atoms with Gasteiger partial charge < -0.3 is 25.4 Å². The van der Waals surface area contributed by atoms with Crippen LogP contribution in [0.3, 0.4) is 0 Å². The second kappa shape index (κ2) is 9.31. The van der Waals surface area contributed by atoms with Crippen molar-refractivity contribution >= 4 is 17.7 Å². The van der Waals surface area contributed by atoms with Crippen LogP contribution in [0.2, 0.25) is 0 Å². The van der Waals surface area contributed by atoms with E-state index >= 15 is 0 Å². The van der Waals surface area contributed by atoms with Gasteiger partial charge in [-0.1, -0.05) is 25.5 Å². The highest BCUT2D eigenvalue weighted by atomic mass is 16.5. The lowest BCUT2D eigenvalue weighted by Crippen LogP contribution is -2.46. The smallest absolute Gasteiger partial charge is 0.338 e. The van der Waals surface area contributed by atoms with E-state index < -0.39 is 12.0 Å². The number of allylic oxidation sites excluding steroid dienone is 1. The van der Waals surface area contributed by atoms with Crippen molar-refractivity contribution in [1.29, 1.82) is 0 Å². The van der Waals surface area contributed by atoms with Crippen LogP contribution in [0.4, 0.5) is 10.5 Å². The second-order valence-corrected chi connectivity index (χ2v) is 7.94. The van der Waals surface area contributed by atoms with Crippen molar-refractivity contribution in [2.45, 2.75) is 64.7 Å². The van der Waals surface area contributed by atoms with Gasteiger partial charge in [-0.15, -0.1) is 0 Å². The molecular weight excluding hydrogens is 370 g/mol. The molecule has 0 aromatic heterocycles. The van der Waals surface area contributed by atoms with Crippen LogP contribution < -0.4 is 15.5 Å². The normalized spacial score (nSPS) is 20.5. The highest BCUT2D eigenvalue weighted by Gasteiger charge is 2.33. The molecule has 7 heteroatoms. The highest BCUT2D eigenvalue weighted by Crippen LogP contribution is 2.31. The van der Waals surface area contributed by atoms with Gasteiger partial charge in [-0.05, 0) is 50.8 Å². The zero-order valence-corrected chi connectivity index (χ0v) is 17.4. The van der Waals surface area contributed by atoms with Gasteiger partial charge in [0.05, 0.1) is 23.8 Å². The number of aliphatic hydroxyl groups excluding tert-OH is 1. The fourth-order valence-corrected chi connectivity index (χ4v) is 3.84. The molecule has 158 valence electrons. The number of aliphatic hydroxyl groups is 1. The largest absolute Gasteiger partial charge is 0.459 e. The third-order valence-corrected chi connectivity index (χ3v) is 5.27. The number of hydrogen-bond donors (Lipinski definition) is 3. The molecule has 0 saturated carbocycles. The summed E-state index contributed by atoms with van der Waals surface area (Å²) in [6, 6.07) is 7.05. The number of esters is 1. The highest BCUT2D eigenvalue weighted by molar-refractivity contribution is 5.95. The summed E-state index contributed by atoms with van der Waals surface area (Å²) in [6.45, 7) is 7.26. The maximum atomic E-state index is 12.8. The Morgan fingerprint density at radius 2 is 1.90 bits per heavy atom. The monoisotopic (exact) mass is 401 g/mol. The first kappa shape index (κ1) is 21.2. The maximum Gasteiger partial charge on any atom is 0.338 e. The summed E-state index contributed by atoms with van der Waals surface area (Å²) in [4.78, 5) is 27.3. The van der Waals surface area contributed by atoms with Crippen LogP contribution in [0.5, 0.6) is 0 Å². The number of amides is 2. The summed E-state index contributed by atoms with van der Waals surface area (Å²) >= 11 is 0. The molecule has 3 N–H and O–H groups in total. The molecule has 1 fully saturated rings. The van der Waals surface area contributed by atoms with Crippen LogP contribution in [0, 0.1) is 0 Å². The van der Waals surface area contributed by atoms with Crippen molar-refractivity contribution in [2.24, 2.45) is 0 Å². The molecule has 1 unspecified atom stereocenters. The minimum Gasteiger partial charge on any atom is -0.459 e. The van der Waals surface area contributed by atoms with Crippen molar-refractivity contribution in [3.05, 3.63) is 41.1 Å². The minimum absolute atomic E-state index is 0.216. The van der Waals surface area contributed by atoms with Crippen LogP contribution in [-0.4, -0.2) is 42.4 Å². The average Bonchev–Trinajstić information content (AvgIpc) is 2.68. The Hall–Kier alpha value is -2.54. The van der Waals surface area contributed by atoms with Gasteiger partial charge in [0.25, 0.3) is 0 Å². The third-order valence-electron chi connectivity index (χ3n) is 5.27. The van der Waals surface area contributed by atoms with E-state index in [0.29, 0.717) is 17.7 Å². The molecule has 1 aromatic rings. The summed E-state index contributed by atoms with van der Waals surface area (Å²) < 4.78 is 5.46. The Morgan fingerprint density at radius 3 is 2.48 bits per heavy atom. The van der Waals surface area contributed by atoms with Gasteiger partial charge >= 0.3 is 12.0 Å². The van der Waals surface area contributed by atoms with Crippen molar-refractivity contribution in [3.63, 3.8) is 0 Å². The van der Waals surface area contributed by atoms with Gasteiger partial charge in [0.2, 0.25) is 0 Å². The van der Waals surface area contributed by atoms with E-state index in [2.05, 4.69) is 15.5 Å². The van der Waals surface area contributed by atoms with E-state index in [1.165, 1.54) is 0 Å². The van der Waals surface area contributed by atoms with Crippen LogP contribution in [0.1, 0.15) is 58.1 Å². The molecule has 1 atom stereocenters. The van der Waals surface area contributed by atoms with Gasteiger partial charge in [-0.3, -0.25) is 0 Å². The molecule has 7 nitrogen and oxygen atoms in total. The standard InChI is InChI=1S/C22H31N3O4/c1-4-5-18-19(21(27)29-14(2)3)20(24-22(28)23-18)15-6-8-16(9-7-15)25-12-10-17(26)11-13-25/h6-9,14,17,20,26H,4-5,10-13H2,1-3H3,(H2,23,24,28). The van der Waals surface area contributed by atoms with E-state index in [1.807, 2.05) is 45.0 Å². The molecule has 0 spiro atoms. The lowest BCUT2D eigenvalue weighted by Gasteiger charge is -2.32. The van der Waals surface area contributed by atoms with Crippen molar-refractivity contribution in [1.82, 2.24) is 10.6 Å². The average molecular weight is 402 g/mol. The van der Waals surface area contributed by atoms with E-state index in [1.54, 1.807) is 0 Å². The van der Waals surface area contributed by atoms with Crippen LogP contribution in [-0.2, 0) is 9.53 Å². The first-order valence-corrected chi connectivity index (χ1v) is 10.4. The number of anilines is 1. The molecule has 1 saturated heterocycles. The molecule has 2 amide bonds. The number of urea groups is 1. The number of nitrogens with zero attached hydrogens (tertiary/aromatic N) is 1. The van der Waals surface area contributed by atoms with Crippen LogP contribution >= 0.6 is 0 Å². The predicted molar refractivity (Wildman–Crippen MR) is 111 cm³/mol. The van der Waals surface area contributed by atoms with Crippen molar-refractivity contribution in [3.8, 4) is 0 Å². The van der Waals surface area contributed by atoms with Gasteiger partial charge in [0, 0.05) is 24.5 Å². The number of ether oxygens (including phenoxy) is 1. The Kier molecular flexibility index (Phi) is 6.79. The van der Waals surface area contributed by atoms with Crippen molar-refractivity contribution < 1.29 is 19.4 Å². The zero-order chi connectivity index (χ0) is 21.0. The first-order valence-electron chi connectivity index (χ1n) is 10.4. The minimum atomic E-state index is -0.547. The van der Waals surface area contributed by atoms with Crippen molar-refractivity contribution in [2.75, 3.05) is 18.0 Å². The Morgan fingerprint density at radius 1 is 1.24 bits per heavy atom. The van der Waals surface area contributed by atoms with Gasteiger partial charge in [-0.25, -0.2) is 9.59 Å². The van der Waals surface area contributed by atoms with Gasteiger partial charge in [0.1, 0.15) is 0 Å². The lowest BCUT2D eigenvalue weighted by molar-refractivity contribution is -0.143. The van der Waals surface area contributed by atoms with Gasteiger partial charge in [0.15, 0.2) is 0 Å². The second-order valence-electron chi connectivity index (χ2n) is 7.94. The quantitative estimate of drug-likeness (QED) is 0.638. The molecule has 29 heavy (non-hydrogen) atoms. The van der Waals surface area contributed by atoms with Crippen LogP contribution in [0.15, 0.2) is 35.5 Å². The predicted octanol–water partition coefficient (Wildman–Crippen LogP) is 3.01. The molecule has 2 aliphatic heterocycles. The number of hydrogen-bond acceptors (Lipinski definition) is 5. The molecule has 1 aromatic carbocycles. The molecule has 0 aliphatic carbocycles. The third kappa shape index (κ3) is 5.09. The van der Waals surface area contributed by atoms with E-state index in [9.17, 15) is 14.7 Å². The number of nitrogens with one attached hydrogen (secondary N) is 2. The molecule has 0 bridgehead atoms. The van der Waals surface area contributed by atoms with Crippen LogP contribution in [0.25, 0.3) is 0 Å². The van der Waals surface area contributed by atoms with E-state index in [0.717, 1.165) is 43.6 Å². The Labute approximate surface area is 172 Å². The topological polar surface area (TPSA) is 90.9 Å². The number of carbonyl (C=O) groups is 2. The number of piperidine rings is 1. The molecule has 3 rings (SSSR count). The van der Waals surface area contributed by atoms with Gasteiger partial charge in [-0.2, -0.15) is 0 Å². The molecule has 0 radical (unpaired) electrons. The molecule has 2 heterocycles. The lowest BCUT2D eigenvalue weighted by atomic mass is 9.93. The fourth-order valence-electron chi connectivity index (χ4n) is 3.84. The SMILES string of the molecule is CCCC1=C(C(=O)OC(C)C)C(c2ccc(N3CCC(O)CC3)cc2)NC(=O)N1. The van der Waals surface area contributed by atoms with E-state index in [4.69, 9.17) is 4.74 Å². The molecule has 2 aliphatic rings. The summed E-state index contributed by atoms with van der Waals surface area (Å²) in [7, 11) is 0. The summed E-state index contributed by atoms with van der Waals surface area (Å²) in [5.41, 5.74) is 3.00. The number of rotatable bonds is 6. The zero-order valence-electron chi connectivity index (χ0n) is 17.4. The summed E-state index contributed by atoms with van der Waals surface area (Å²) in [5, 5.41) is 15.4. The molecular formula is C22H31N3O4. The Bertz CT molecular complexity index is 765. The summed E-state index contributed by atoms with van der Waals surface area (Å²) in [6.07, 6.45) is 2.47. The fraction of sp³-hybridized carbons (Fsp3) is 0.545. The van der Waals surface area contributed by atoms with E-state index in [-0.39, 0.29) is 18.2 Å². The number of benzene rings is 1. The maximum absolute atomic E-state index is 12.8. The number of carbonyl (C=O) groups excluding carboxylic acids is 2. The first-order chi connectivity index (χ1) is 13.9. The summed E-state index contributed by atoms with van der Waals surface area (Å²) in [5.74, 6) is -0.407. The Balaban J connectivity index is 1.88.